The van der Waals surface area contributed by atoms with Gasteiger partial charge in [-0.1, -0.05) is 6.08 Å². The molecule has 2 bridgehead atoms. The number of hydrogen-bond donors (Lipinski definition) is 0. The van der Waals surface area contributed by atoms with Crippen molar-refractivity contribution in [2.75, 3.05) is 7.05 Å². The van der Waals surface area contributed by atoms with E-state index in [1.165, 1.54) is 30.4 Å². The third-order valence-electron chi connectivity index (χ3n) is 3.70. The van der Waals surface area contributed by atoms with Crippen molar-refractivity contribution in [1.29, 1.82) is 0 Å². The minimum Gasteiger partial charge on any atom is -0.296 e. The summed E-state index contributed by atoms with van der Waals surface area (Å²) in [5.74, 6) is 0. The Labute approximate surface area is 89.8 Å². The lowest BCUT2D eigenvalue weighted by Gasteiger charge is -2.31. The van der Waals surface area contributed by atoms with E-state index in [0.29, 0.717) is 6.04 Å². The summed E-state index contributed by atoms with van der Waals surface area (Å²) in [5.41, 5.74) is 2.61. The summed E-state index contributed by atoms with van der Waals surface area (Å²) in [4.78, 5) is 10.7. The van der Waals surface area contributed by atoms with Crippen molar-refractivity contribution in [1.82, 2.24) is 14.9 Å². The third-order valence-corrected chi connectivity index (χ3v) is 3.70. The first-order chi connectivity index (χ1) is 7.36. The van der Waals surface area contributed by atoms with E-state index < -0.39 is 0 Å². The van der Waals surface area contributed by atoms with Crippen LogP contribution in [0.2, 0.25) is 0 Å². The Morgan fingerprint density at radius 1 is 1.27 bits per heavy atom. The monoisotopic (exact) mass is 201 g/mol. The van der Waals surface area contributed by atoms with Crippen LogP contribution in [0.25, 0.3) is 5.57 Å². The van der Waals surface area contributed by atoms with Crippen LogP contribution in [0.15, 0.2) is 24.8 Å². The molecule has 1 aromatic rings. The Kier molecular flexibility index (Phi) is 2.06. The zero-order valence-electron chi connectivity index (χ0n) is 8.93. The van der Waals surface area contributed by atoms with Gasteiger partial charge in [0.15, 0.2) is 0 Å². The van der Waals surface area contributed by atoms with Gasteiger partial charge in [0.25, 0.3) is 0 Å². The third kappa shape index (κ3) is 1.38. The summed E-state index contributed by atoms with van der Waals surface area (Å²) in [5, 5.41) is 0. The van der Waals surface area contributed by atoms with E-state index >= 15 is 0 Å². The van der Waals surface area contributed by atoms with E-state index in [2.05, 4.69) is 28.0 Å². The van der Waals surface area contributed by atoms with E-state index in [9.17, 15) is 0 Å². The molecule has 3 rings (SSSR count). The van der Waals surface area contributed by atoms with Crippen molar-refractivity contribution in [3.05, 3.63) is 30.4 Å². The number of rotatable bonds is 1. The van der Waals surface area contributed by atoms with Gasteiger partial charge in [-0.2, -0.15) is 0 Å². The lowest BCUT2D eigenvalue weighted by molar-refractivity contribution is 0.267. The van der Waals surface area contributed by atoms with Crippen LogP contribution in [0.5, 0.6) is 0 Å². The van der Waals surface area contributed by atoms with Gasteiger partial charge in [0.05, 0.1) is 0 Å². The van der Waals surface area contributed by atoms with Gasteiger partial charge in [-0.25, -0.2) is 9.97 Å². The molecule has 0 N–H and O–H groups in total. The van der Waals surface area contributed by atoms with Crippen LogP contribution in [-0.4, -0.2) is 34.0 Å². The van der Waals surface area contributed by atoms with E-state index in [1.807, 2.05) is 12.4 Å². The number of hydrogen-bond acceptors (Lipinski definition) is 3. The average molecular weight is 201 g/mol. The molecule has 2 aliphatic rings. The van der Waals surface area contributed by atoms with Gasteiger partial charge < -0.3 is 0 Å². The van der Waals surface area contributed by atoms with Crippen LogP contribution in [0.1, 0.15) is 24.8 Å². The van der Waals surface area contributed by atoms with Crippen molar-refractivity contribution in [3.8, 4) is 0 Å². The largest absolute Gasteiger partial charge is 0.296 e. The normalized spacial score (nSPS) is 30.3. The van der Waals surface area contributed by atoms with E-state index in [4.69, 9.17) is 0 Å². The van der Waals surface area contributed by atoms with Gasteiger partial charge >= 0.3 is 0 Å². The Balaban J connectivity index is 1.97. The fourth-order valence-electron chi connectivity index (χ4n) is 2.83. The quantitative estimate of drug-likeness (QED) is 0.693. The Morgan fingerprint density at radius 3 is 2.87 bits per heavy atom. The molecule has 78 valence electrons. The Hall–Kier alpha value is -1.22. The lowest BCUT2D eigenvalue weighted by atomic mass is 9.97. The summed E-state index contributed by atoms with van der Waals surface area (Å²) in [6, 6.07) is 1.36. The average Bonchev–Trinajstić information content (AvgIpc) is 2.54. The molecule has 15 heavy (non-hydrogen) atoms. The zero-order valence-corrected chi connectivity index (χ0v) is 8.93. The number of likely N-dealkylation sites (N-methyl/N-ethyl adjacent to an activating group) is 1. The minimum absolute atomic E-state index is 0.592. The second kappa shape index (κ2) is 3.42. The molecule has 1 saturated heterocycles. The van der Waals surface area contributed by atoms with Gasteiger partial charge in [-0.15, -0.1) is 0 Å². The molecule has 0 radical (unpaired) electrons. The SMILES string of the molecule is CN1[C@H]2CC=C(c3cncnc3)[C@@H]1CC2. The molecule has 0 amide bonds. The molecule has 3 nitrogen and oxygen atoms in total. The molecule has 0 saturated carbocycles. The molecule has 0 spiro atoms. The van der Waals surface area contributed by atoms with Crippen LogP contribution in [0.3, 0.4) is 0 Å². The topological polar surface area (TPSA) is 29.0 Å². The molecule has 0 aliphatic carbocycles. The lowest BCUT2D eigenvalue weighted by Crippen LogP contribution is -2.35. The maximum absolute atomic E-state index is 4.10. The highest BCUT2D eigenvalue weighted by Gasteiger charge is 2.35. The molecule has 0 aromatic carbocycles. The van der Waals surface area contributed by atoms with Crippen molar-refractivity contribution < 1.29 is 0 Å². The fourth-order valence-corrected chi connectivity index (χ4v) is 2.83. The van der Waals surface area contributed by atoms with E-state index in [0.717, 1.165) is 6.04 Å². The molecule has 1 fully saturated rings. The van der Waals surface area contributed by atoms with Crippen LogP contribution < -0.4 is 0 Å². The van der Waals surface area contributed by atoms with Crippen molar-refractivity contribution in [3.63, 3.8) is 0 Å². The maximum atomic E-state index is 4.10. The predicted molar refractivity (Wildman–Crippen MR) is 59.2 cm³/mol. The number of aromatic nitrogens is 2. The van der Waals surface area contributed by atoms with Gasteiger partial charge in [-0.3, -0.25) is 4.90 Å². The highest BCUT2D eigenvalue weighted by atomic mass is 15.2. The zero-order chi connectivity index (χ0) is 10.3. The highest BCUT2D eigenvalue weighted by Crippen LogP contribution is 2.38. The Bertz CT molecular complexity index is 385. The van der Waals surface area contributed by atoms with Gasteiger partial charge in [-0.05, 0) is 31.9 Å². The summed E-state index contributed by atoms with van der Waals surface area (Å²) in [7, 11) is 2.24. The first-order valence-electron chi connectivity index (χ1n) is 5.53. The molecule has 3 heterocycles. The van der Waals surface area contributed by atoms with Gasteiger partial charge in [0.2, 0.25) is 0 Å². The summed E-state index contributed by atoms with van der Waals surface area (Å²) < 4.78 is 0. The van der Waals surface area contributed by atoms with Crippen LogP contribution in [0.4, 0.5) is 0 Å². The maximum Gasteiger partial charge on any atom is 0.115 e. The minimum atomic E-state index is 0.592. The van der Waals surface area contributed by atoms with Crippen LogP contribution in [0, 0.1) is 0 Å². The molecule has 1 aromatic heterocycles. The van der Waals surface area contributed by atoms with Gasteiger partial charge in [0.1, 0.15) is 6.33 Å². The summed E-state index contributed by atoms with van der Waals surface area (Å²) >= 11 is 0. The first-order valence-corrected chi connectivity index (χ1v) is 5.53. The second-order valence-corrected chi connectivity index (χ2v) is 4.43. The predicted octanol–water partition coefficient (Wildman–Crippen LogP) is 1.73. The summed E-state index contributed by atoms with van der Waals surface area (Å²) in [6.45, 7) is 0. The molecular formula is C12H15N3. The number of nitrogens with zero attached hydrogens (tertiary/aromatic N) is 3. The first kappa shape index (κ1) is 9.04. The molecule has 2 atom stereocenters. The van der Waals surface area contributed by atoms with Crippen molar-refractivity contribution in [2.24, 2.45) is 0 Å². The van der Waals surface area contributed by atoms with Crippen molar-refractivity contribution >= 4 is 5.57 Å². The van der Waals surface area contributed by atoms with E-state index in [1.54, 1.807) is 6.33 Å². The Morgan fingerprint density at radius 2 is 2.07 bits per heavy atom. The van der Waals surface area contributed by atoms with Crippen molar-refractivity contribution in [2.45, 2.75) is 31.3 Å². The highest BCUT2D eigenvalue weighted by molar-refractivity contribution is 5.70. The van der Waals surface area contributed by atoms with Crippen LogP contribution in [-0.2, 0) is 0 Å². The smallest absolute Gasteiger partial charge is 0.115 e. The second-order valence-electron chi connectivity index (χ2n) is 4.43. The standard InChI is InChI=1S/C12H15N3/c1-15-10-2-4-11(12(15)5-3-10)9-6-13-8-14-7-9/h4,6-8,10,12H,2-3,5H2,1H3/t10-,12-/m0/s1. The molecule has 0 unspecified atom stereocenters. The summed E-state index contributed by atoms with van der Waals surface area (Å²) in [6.07, 6.45) is 11.6. The van der Waals surface area contributed by atoms with E-state index in [-0.39, 0.29) is 0 Å². The fraction of sp³-hybridized carbons (Fsp3) is 0.500. The number of fused-ring (bicyclic) bond motifs is 2. The molecule has 3 heteroatoms. The van der Waals surface area contributed by atoms with Crippen LogP contribution >= 0.6 is 0 Å². The van der Waals surface area contributed by atoms with Gasteiger partial charge in [0, 0.05) is 30.0 Å². The molecule has 2 aliphatic heterocycles. The molecular weight excluding hydrogens is 186 g/mol.